The third-order valence-corrected chi connectivity index (χ3v) is 8.52. The van der Waals surface area contributed by atoms with E-state index in [0.29, 0.717) is 41.9 Å². The first-order valence-electron chi connectivity index (χ1n) is 16.2. The van der Waals surface area contributed by atoms with Gasteiger partial charge in [-0.1, -0.05) is 108 Å². The zero-order chi connectivity index (χ0) is 31.4. The molecule has 1 heterocycles. The van der Waals surface area contributed by atoms with Crippen molar-refractivity contribution in [3.8, 4) is 11.1 Å². The highest BCUT2D eigenvalue weighted by Crippen LogP contribution is 2.32. The van der Waals surface area contributed by atoms with Crippen molar-refractivity contribution in [1.82, 2.24) is 4.90 Å². The summed E-state index contributed by atoms with van der Waals surface area (Å²) in [6, 6.07) is 17.5. The van der Waals surface area contributed by atoms with Crippen LogP contribution < -0.4 is 5.32 Å². The topological polar surface area (TPSA) is 49.4 Å². The van der Waals surface area contributed by atoms with Gasteiger partial charge in [-0.3, -0.25) is 9.59 Å². The maximum absolute atomic E-state index is 13.2. The largest absolute Gasteiger partial charge is 0.416 e. The van der Waals surface area contributed by atoms with Crippen LogP contribution in [0.25, 0.3) is 11.1 Å². The van der Waals surface area contributed by atoms with Crippen LogP contribution in [0.1, 0.15) is 111 Å². The average molecular weight is 607 g/mol. The molecule has 0 fully saturated rings. The normalized spacial score (nSPS) is 13.0. The molecule has 1 aliphatic rings. The lowest BCUT2D eigenvalue weighted by molar-refractivity contribution is -0.137. The van der Waals surface area contributed by atoms with Gasteiger partial charge in [0.1, 0.15) is 0 Å². The minimum atomic E-state index is -4.42. The Hall–Kier alpha value is -3.61. The number of alkyl halides is 3. The first kappa shape index (κ1) is 33.3. The van der Waals surface area contributed by atoms with Crippen LogP contribution in [0.4, 0.5) is 18.9 Å². The van der Waals surface area contributed by atoms with Gasteiger partial charge in [0.15, 0.2) is 0 Å². The predicted octanol–water partition coefficient (Wildman–Crippen LogP) is 10.2. The molecule has 1 N–H and O–H groups in total. The lowest BCUT2D eigenvalue weighted by Crippen LogP contribution is -2.35. The first-order chi connectivity index (χ1) is 21.3. The van der Waals surface area contributed by atoms with E-state index >= 15 is 0 Å². The van der Waals surface area contributed by atoms with Crippen molar-refractivity contribution in [1.29, 1.82) is 0 Å². The number of halogens is 3. The number of nitrogens with one attached hydrogen (secondary N) is 1. The van der Waals surface area contributed by atoms with E-state index < -0.39 is 11.7 Å². The van der Waals surface area contributed by atoms with Gasteiger partial charge in [-0.25, -0.2) is 0 Å². The fraction of sp³-hybridized carbons (Fsp3) is 0.459. The van der Waals surface area contributed by atoms with Crippen LogP contribution in [0.3, 0.4) is 0 Å². The lowest BCUT2D eigenvalue weighted by Gasteiger charge is -2.29. The molecule has 4 nitrogen and oxygen atoms in total. The molecule has 0 atom stereocenters. The van der Waals surface area contributed by atoms with Crippen molar-refractivity contribution in [2.24, 2.45) is 0 Å². The molecule has 3 aromatic rings. The molecule has 0 aliphatic carbocycles. The van der Waals surface area contributed by atoms with Crippen molar-refractivity contribution in [2.45, 2.75) is 103 Å². The van der Waals surface area contributed by atoms with E-state index in [1.165, 1.54) is 69.9 Å². The number of carbonyl (C=O) groups is 2. The molecule has 0 saturated heterocycles. The molecule has 0 radical (unpaired) electrons. The Morgan fingerprint density at radius 2 is 1.41 bits per heavy atom. The molecule has 3 aromatic carbocycles. The van der Waals surface area contributed by atoms with Gasteiger partial charge in [0.05, 0.1) is 5.56 Å². The highest BCUT2D eigenvalue weighted by molar-refractivity contribution is 6.08. The molecule has 7 heteroatoms. The first-order valence-corrected chi connectivity index (χ1v) is 16.2. The minimum Gasteiger partial charge on any atom is -0.338 e. The van der Waals surface area contributed by atoms with Gasteiger partial charge in [-0.2, -0.15) is 13.2 Å². The fourth-order valence-corrected chi connectivity index (χ4v) is 5.91. The van der Waals surface area contributed by atoms with Crippen molar-refractivity contribution < 1.29 is 22.8 Å². The zero-order valence-electron chi connectivity index (χ0n) is 25.9. The zero-order valence-corrected chi connectivity index (χ0v) is 25.9. The number of hydrogen-bond acceptors (Lipinski definition) is 2. The Morgan fingerprint density at radius 3 is 2.07 bits per heavy atom. The summed E-state index contributed by atoms with van der Waals surface area (Å²) in [5.41, 5.74) is 3.59. The number of unbranched alkanes of at least 4 members (excludes halogenated alkanes) is 10. The van der Waals surface area contributed by atoms with E-state index in [2.05, 4.69) is 12.2 Å². The maximum atomic E-state index is 13.2. The van der Waals surface area contributed by atoms with Crippen LogP contribution >= 0.6 is 0 Å². The van der Waals surface area contributed by atoms with Gasteiger partial charge in [-0.15, -0.1) is 0 Å². The molecular weight excluding hydrogens is 561 g/mol. The van der Waals surface area contributed by atoms with Crippen molar-refractivity contribution in [3.63, 3.8) is 0 Å². The molecule has 2 amide bonds. The third-order valence-electron chi connectivity index (χ3n) is 8.52. The second-order valence-corrected chi connectivity index (χ2v) is 11.9. The predicted molar refractivity (Wildman–Crippen MR) is 171 cm³/mol. The Kier molecular flexibility index (Phi) is 12.5. The smallest absolute Gasteiger partial charge is 0.338 e. The second kappa shape index (κ2) is 16.5. The Labute approximate surface area is 260 Å². The van der Waals surface area contributed by atoms with Crippen LogP contribution in [-0.4, -0.2) is 23.3 Å². The van der Waals surface area contributed by atoms with E-state index in [1.807, 2.05) is 23.1 Å². The van der Waals surface area contributed by atoms with E-state index in [9.17, 15) is 22.8 Å². The summed E-state index contributed by atoms with van der Waals surface area (Å²) in [7, 11) is 0. The van der Waals surface area contributed by atoms with Gasteiger partial charge in [-0.05, 0) is 65.4 Å². The van der Waals surface area contributed by atoms with Gasteiger partial charge in [0.2, 0.25) is 5.91 Å². The molecule has 0 aromatic heterocycles. The van der Waals surface area contributed by atoms with Gasteiger partial charge in [0.25, 0.3) is 5.91 Å². The summed E-state index contributed by atoms with van der Waals surface area (Å²) in [5.74, 6) is -0.121. The Bertz CT molecular complexity index is 1370. The van der Waals surface area contributed by atoms with Crippen LogP contribution in [0.15, 0.2) is 66.7 Å². The van der Waals surface area contributed by atoms with Crippen molar-refractivity contribution in [2.75, 3.05) is 11.9 Å². The molecule has 1 aliphatic heterocycles. The second-order valence-electron chi connectivity index (χ2n) is 11.9. The number of carbonyl (C=O) groups excluding carboxylic acids is 2. The van der Waals surface area contributed by atoms with Gasteiger partial charge >= 0.3 is 6.18 Å². The maximum Gasteiger partial charge on any atom is 0.416 e. The van der Waals surface area contributed by atoms with Crippen LogP contribution in [-0.2, 0) is 23.9 Å². The minimum absolute atomic E-state index is 0.212. The quantitative estimate of drug-likeness (QED) is 0.175. The summed E-state index contributed by atoms with van der Waals surface area (Å²) < 4.78 is 39.0. The van der Waals surface area contributed by atoms with E-state index in [4.69, 9.17) is 0 Å². The summed E-state index contributed by atoms with van der Waals surface area (Å²) in [6.07, 6.45) is 10.8. The molecule has 236 valence electrons. The number of hydrogen-bond donors (Lipinski definition) is 1. The standard InChI is InChI=1S/C37H45F3N2O2/c1-2-3-4-5-6-7-8-9-10-11-12-17-35(43)42-25-24-29-26-32(23-20-30(29)27-42)41-36(44)34-16-14-13-15-33(34)28-18-21-31(22-19-28)37(38,39)40/h13-16,18-23,26H,2-12,17,24-25,27H2,1H3,(H,41,44). The third kappa shape index (κ3) is 9.70. The number of fused-ring (bicyclic) bond motifs is 1. The van der Waals surface area contributed by atoms with Crippen LogP contribution in [0.5, 0.6) is 0 Å². The van der Waals surface area contributed by atoms with Crippen LogP contribution in [0.2, 0.25) is 0 Å². The summed E-state index contributed by atoms with van der Waals surface area (Å²) in [6.45, 7) is 3.49. The molecule has 4 rings (SSSR count). The highest BCUT2D eigenvalue weighted by atomic mass is 19.4. The van der Waals surface area contributed by atoms with Crippen molar-refractivity contribution >= 4 is 17.5 Å². The van der Waals surface area contributed by atoms with Crippen LogP contribution in [0, 0.1) is 0 Å². The summed E-state index contributed by atoms with van der Waals surface area (Å²) >= 11 is 0. The molecule has 0 unspecified atom stereocenters. The molecular formula is C37H45F3N2O2. The number of benzene rings is 3. The number of amides is 2. The van der Waals surface area contributed by atoms with Gasteiger partial charge in [0, 0.05) is 30.8 Å². The average Bonchev–Trinajstić information content (AvgIpc) is 3.03. The molecule has 0 saturated carbocycles. The SMILES string of the molecule is CCCCCCCCCCCCCC(=O)N1CCc2cc(NC(=O)c3ccccc3-c3ccc(C(F)(F)F)cc3)ccc2C1. The Balaban J connectivity index is 1.24. The summed E-state index contributed by atoms with van der Waals surface area (Å²) in [5, 5.41) is 2.95. The van der Waals surface area contributed by atoms with E-state index in [0.717, 1.165) is 42.5 Å². The van der Waals surface area contributed by atoms with E-state index in [1.54, 1.807) is 24.3 Å². The monoisotopic (exact) mass is 606 g/mol. The lowest BCUT2D eigenvalue weighted by atomic mass is 9.97. The Morgan fingerprint density at radius 1 is 0.773 bits per heavy atom. The van der Waals surface area contributed by atoms with E-state index in [-0.39, 0.29) is 11.8 Å². The number of anilines is 1. The van der Waals surface area contributed by atoms with Gasteiger partial charge < -0.3 is 10.2 Å². The summed E-state index contributed by atoms with van der Waals surface area (Å²) in [4.78, 5) is 28.1. The molecule has 0 bridgehead atoms. The number of rotatable bonds is 15. The highest BCUT2D eigenvalue weighted by Gasteiger charge is 2.30. The molecule has 0 spiro atoms. The fourth-order valence-electron chi connectivity index (χ4n) is 5.91. The van der Waals surface area contributed by atoms with Crippen molar-refractivity contribution in [3.05, 3.63) is 89.0 Å². The molecule has 44 heavy (non-hydrogen) atoms. The number of nitrogens with zero attached hydrogens (tertiary/aromatic N) is 1.